The Kier molecular flexibility index (Phi) is 14.9. The third-order valence-corrected chi connectivity index (χ3v) is 10.5. The number of anilines is 1. The fourth-order valence-corrected chi connectivity index (χ4v) is 7.32. The van der Waals surface area contributed by atoms with Crippen molar-refractivity contribution in [1.29, 1.82) is 0 Å². The number of nitrogens with one attached hydrogen (secondary N) is 2. The van der Waals surface area contributed by atoms with E-state index in [0.717, 1.165) is 71.8 Å². The largest absolute Gasteiger partial charge is 0.488 e. The first-order valence-corrected chi connectivity index (χ1v) is 19.5. The molecule has 15 heteroatoms. The third kappa shape index (κ3) is 11.6. The summed E-state index contributed by atoms with van der Waals surface area (Å²) in [5.41, 5.74) is 5.64. The zero-order valence-corrected chi connectivity index (χ0v) is 32.5. The summed E-state index contributed by atoms with van der Waals surface area (Å²) in [4.78, 5) is 30.2. The van der Waals surface area contributed by atoms with Gasteiger partial charge in [0.05, 0.1) is 23.7 Å². The van der Waals surface area contributed by atoms with Crippen molar-refractivity contribution in [2.24, 2.45) is 5.92 Å². The number of H-pyrrole nitrogens is 1. The lowest BCUT2D eigenvalue weighted by atomic mass is 9.80. The molecular formula is C43H45B2ClFN5O6. The van der Waals surface area contributed by atoms with Crippen LogP contribution >= 0.6 is 11.6 Å². The number of rotatable bonds is 8. The molecule has 11 nitrogen and oxygen atoms in total. The second kappa shape index (κ2) is 20.4. The molecule has 0 radical (unpaired) electrons. The van der Waals surface area contributed by atoms with E-state index in [9.17, 15) is 14.0 Å². The molecule has 0 unspecified atom stereocenters. The molecule has 2 saturated heterocycles. The molecule has 0 bridgehead atoms. The van der Waals surface area contributed by atoms with Crippen molar-refractivity contribution in [1.82, 2.24) is 20.0 Å². The summed E-state index contributed by atoms with van der Waals surface area (Å²) in [6.07, 6.45) is 2.65. The van der Waals surface area contributed by atoms with Gasteiger partial charge in [0.15, 0.2) is 0 Å². The molecule has 2 amide bonds. The van der Waals surface area contributed by atoms with E-state index in [-0.39, 0.29) is 23.5 Å². The minimum absolute atomic E-state index is 0.00334. The van der Waals surface area contributed by atoms with Crippen LogP contribution in [0.25, 0.3) is 22.2 Å². The van der Waals surface area contributed by atoms with E-state index in [1.807, 2.05) is 77.7 Å². The Morgan fingerprint density at radius 2 is 1.43 bits per heavy atom. The van der Waals surface area contributed by atoms with Crippen LogP contribution in [0.4, 0.5) is 10.1 Å². The molecule has 2 aliphatic heterocycles. The molecular weight excluding hydrogens is 759 g/mol. The van der Waals surface area contributed by atoms with E-state index >= 15 is 0 Å². The van der Waals surface area contributed by atoms with Gasteiger partial charge >= 0.3 is 14.2 Å². The Balaban J connectivity index is 0.000000244. The SMILES string of the molecule is O=C(Nc1ccc2[nH]nc(-c3ccccc3)c2c1)[C@@H]1CCN(CC(=O)N2CCC(c3cccc(Cl)c3)CC2)C1.OB(O)c1ccc(F)cc1.OB(O)c1ccccc1. The minimum Gasteiger partial charge on any atom is -0.423 e. The fraction of sp³-hybridized carbons (Fsp3) is 0.233. The zero-order valence-electron chi connectivity index (χ0n) is 31.8. The van der Waals surface area contributed by atoms with E-state index in [2.05, 4.69) is 26.5 Å². The standard InChI is InChI=1S/C31H32ClN5O2.C6H6BFO2.C6H7BO2/c32-25-8-4-7-23(17-25)21-12-15-37(16-13-21)29(38)20-36-14-11-24(19-36)31(39)33-26-9-10-28-27(18-26)30(35-34-28)22-5-2-1-3-6-22;8-6-3-1-5(2-4-6)7(9)10;8-7(9)6-4-2-1-3-5-6/h1-10,17-18,21,24H,11-16,19-20H2,(H,33,39)(H,34,35);1-4,9-10H;1-5,8-9H/t24-;;/m1../s1. The number of halogens is 2. The van der Waals surface area contributed by atoms with Gasteiger partial charge in [-0.2, -0.15) is 5.10 Å². The van der Waals surface area contributed by atoms with Crippen molar-refractivity contribution >= 4 is 65.2 Å². The number of hydrogen-bond acceptors (Lipinski definition) is 8. The van der Waals surface area contributed by atoms with Gasteiger partial charge in [-0.25, -0.2) is 4.39 Å². The number of piperidine rings is 1. The number of amides is 2. The number of carbonyl (C=O) groups excluding carboxylic acids is 2. The number of aromatic amines is 1. The van der Waals surface area contributed by atoms with Crippen LogP contribution in [0.15, 0.2) is 127 Å². The molecule has 298 valence electrons. The lowest BCUT2D eigenvalue weighted by Gasteiger charge is -2.33. The van der Waals surface area contributed by atoms with Crippen molar-refractivity contribution in [3.63, 3.8) is 0 Å². The molecule has 1 aromatic heterocycles. The van der Waals surface area contributed by atoms with Gasteiger partial charge in [0.25, 0.3) is 0 Å². The number of aromatic nitrogens is 2. The van der Waals surface area contributed by atoms with Gasteiger partial charge in [-0.1, -0.05) is 96.5 Å². The Morgan fingerprint density at radius 3 is 2.07 bits per heavy atom. The molecule has 2 fully saturated rings. The molecule has 3 heterocycles. The topological polar surface area (TPSA) is 162 Å². The van der Waals surface area contributed by atoms with Crippen LogP contribution in [-0.4, -0.2) is 98.9 Å². The van der Waals surface area contributed by atoms with Crippen molar-refractivity contribution in [3.8, 4) is 11.3 Å². The van der Waals surface area contributed by atoms with Crippen molar-refractivity contribution in [3.05, 3.63) is 144 Å². The van der Waals surface area contributed by atoms with Gasteiger partial charge in [0.2, 0.25) is 11.8 Å². The molecule has 0 spiro atoms. The van der Waals surface area contributed by atoms with Crippen molar-refractivity contribution < 1.29 is 34.1 Å². The number of nitrogens with zero attached hydrogens (tertiary/aromatic N) is 3. The predicted molar refractivity (Wildman–Crippen MR) is 227 cm³/mol. The number of carbonyl (C=O) groups is 2. The average Bonchev–Trinajstić information content (AvgIpc) is 3.90. The van der Waals surface area contributed by atoms with Crippen LogP contribution in [0.3, 0.4) is 0 Å². The Hall–Kier alpha value is -5.34. The summed E-state index contributed by atoms with van der Waals surface area (Å²) >= 11 is 6.16. The quantitative estimate of drug-likeness (QED) is 0.123. The maximum atomic E-state index is 13.1. The maximum Gasteiger partial charge on any atom is 0.488 e. The Bertz CT molecular complexity index is 2240. The minimum atomic E-state index is -1.51. The molecule has 6 aromatic rings. The molecule has 8 rings (SSSR count). The molecule has 0 aliphatic carbocycles. The fourth-order valence-electron chi connectivity index (χ4n) is 7.12. The van der Waals surface area contributed by atoms with E-state index in [0.29, 0.717) is 29.9 Å². The smallest absolute Gasteiger partial charge is 0.423 e. The van der Waals surface area contributed by atoms with E-state index in [4.69, 9.17) is 31.7 Å². The lowest BCUT2D eigenvalue weighted by Crippen LogP contribution is -2.43. The normalized spacial score (nSPS) is 15.5. The maximum absolute atomic E-state index is 13.1. The first-order chi connectivity index (χ1) is 28.0. The lowest BCUT2D eigenvalue weighted by molar-refractivity contribution is -0.133. The predicted octanol–water partition coefficient (Wildman–Crippen LogP) is 4.42. The highest BCUT2D eigenvalue weighted by atomic mass is 35.5. The van der Waals surface area contributed by atoms with Gasteiger partial charge in [-0.05, 0) is 90.7 Å². The highest BCUT2D eigenvalue weighted by Gasteiger charge is 2.31. The van der Waals surface area contributed by atoms with Crippen molar-refractivity contribution in [2.75, 3.05) is 38.0 Å². The summed E-state index contributed by atoms with van der Waals surface area (Å²) in [5.74, 6) is 0.0675. The first kappa shape index (κ1) is 42.3. The number of likely N-dealkylation sites (tertiary alicyclic amines) is 2. The van der Waals surface area contributed by atoms with E-state index in [1.54, 1.807) is 24.3 Å². The third-order valence-electron chi connectivity index (χ3n) is 10.3. The number of hydrogen-bond donors (Lipinski definition) is 6. The van der Waals surface area contributed by atoms with Gasteiger partial charge in [-0.15, -0.1) is 0 Å². The highest BCUT2D eigenvalue weighted by Crippen LogP contribution is 2.31. The van der Waals surface area contributed by atoms with Crippen LogP contribution in [0.5, 0.6) is 0 Å². The van der Waals surface area contributed by atoms with Gasteiger partial charge < -0.3 is 30.3 Å². The molecule has 5 aromatic carbocycles. The number of benzene rings is 5. The summed E-state index contributed by atoms with van der Waals surface area (Å²) in [6.45, 7) is 3.24. The molecule has 1 atom stereocenters. The number of fused-ring (bicyclic) bond motifs is 1. The van der Waals surface area contributed by atoms with E-state index in [1.165, 1.54) is 29.8 Å². The van der Waals surface area contributed by atoms with Crippen LogP contribution in [-0.2, 0) is 9.59 Å². The highest BCUT2D eigenvalue weighted by molar-refractivity contribution is 6.58. The summed E-state index contributed by atoms with van der Waals surface area (Å²) in [6, 6.07) is 37.5. The van der Waals surface area contributed by atoms with Crippen LogP contribution in [0, 0.1) is 11.7 Å². The Morgan fingerprint density at radius 1 is 0.776 bits per heavy atom. The van der Waals surface area contributed by atoms with Crippen LogP contribution in [0.2, 0.25) is 5.02 Å². The monoisotopic (exact) mass is 803 g/mol. The summed E-state index contributed by atoms with van der Waals surface area (Å²) < 4.78 is 12.2. The van der Waals surface area contributed by atoms with Gasteiger partial charge in [0, 0.05) is 41.3 Å². The second-order valence-electron chi connectivity index (χ2n) is 14.3. The van der Waals surface area contributed by atoms with Gasteiger partial charge in [-0.3, -0.25) is 19.6 Å². The van der Waals surface area contributed by atoms with Crippen LogP contribution in [0.1, 0.15) is 30.7 Å². The summed E-state index contributed by atoms with van der Waals surface area (Å²) in [5, 5.41) is 46.6. The van der Waals surface area contributed by atoms with Crippen LogP contribution < -0.4 is 16.2 Å². The average molecular weight is 804 g/mol. The molecule has 2 aliphatic rings. The molecule has 58 heavy (non-hydrogen) atoms. The molecule has 6 N–H and O–H groups in total. The second-order valence-corrected chi connectivity index (χ2v) is 14.8. The Labute approximate surface area is 342 Å². The van der Waals surface area contributed by atoms with Gasteiger partial charge in [0.1, 0.15) is 5.82 Å². The summed E-state index contributed by atoms with van der Waals surface area (Å²) in [7, 11) is -2.85. The zero-order chi connectivity index (χ0) is 41.0. The molecule has 0 saturated carbocycles. The first-order valence-electron chi connectivity index (χ1n) is 19.2. The van der Waals surface area contributed by atoms with E-state index < -0.39 is 14.2 Å². The van der Waals surface area contributed by atoms with Crippen molar-refractivity contribution in [2.45, 2.75) is 25.2 Å².